The molecule has 1 rings (SSSR count). The Morgan fingerprint density at radius 3 is 2.55 bits per heavy atom. The normalized spacial score (nSPS) is 19.3. The average Bonchev–Trinajstić information content (AvgIpc) is 3.13. The zero-order valence-corrected chi connectivity index (χ0v) is 18.8. The summed E-state index contributed by atoms with van der Waals surface area (Å²) in [5, 5.41) is 16.0. The Morgan fingerprint density at radius 2 is 1.97 bits per heavy atom. The van der Waals surface area contributed by atoms with Crippen LogP contribution in [0.25, 0.3) is 0 Å². The summed E-state index contributed by atoms with van der Waals surface area (Å²) in [6, 6.07) is -1.44. The fourth-order valence-corrected chi connectivity index (χ4v) is 3.71. The van der Waals surface area contributed by atoms with Gasteiger partial charge in [-0.3, -0.25) is 15.0 Å². The number of nitrogens with two attached hydrogens (primary N) is 2. The maximum atomic E-state index is 12.9. The molecule has 29 heavy (non-hydrogen) atoms. The second-order valence-corrected chi connectivity index (χ2v) is 8.52. The Labute approximate surface area is 180 Å². The zero-order valence-electron chi connectivity index (χ0n) is 18.0. The predicted molar refractivity (Wildman–Crippen MR) is 122 cm³/mol. The number of thiocarbonyl (C=S) groups is 1. The third-order valence-electron chi connectivity index (χ3n) is 5.11. The Hall–Kier alpha value is -1.88. The lowest BCUT2D eigenvalue weighted by atomic mass is 9.91. The highest BCUT2D eigenvalue weighted by Crippen LogP contribution is 2.19. The summed E-state index contributed by atoms with van der Waals surface area (Å²) in [6.07, 6.45) is 3.40. The van der Waals surface area contributed by atoms with E-state index in [1.54, 1.807) is 11.8 Å². The minimum Gasteiger partial charge on any atom is -0.383 e. The van der Waals surface area contributed by atoms with E-state index in [1.165, 1.54) is 0 Å². The molecule has 1 saturated heterocycles. The first-order chi connectivity index (χ1) is 13.5. The van der Waals surface area contributed by atoms with Crippen LogP contribution in [-0.4, -0.2) is 72.7 Å². The predicted octanol–water partition coefficient (Wildman–Crippen LogP) is -1.40. The van der Waals surface area contributed by atoms with Crippen molar-refractivity contribution < 1.29 is 9.59 Å². The number of hydrogen-bond acceptors (Lipinski definition) is 5. The summed E-state index contributed by atoms with van der Waals surface area (Å²) in [5.41, 5.74) is 11.1. The van der Waals surface area contributed by atoms with Gasteiger partial charge < -0.3 is 32.3 Å². The molecule has 8 N–H and O–H groups in total. The van der Waals surface area contributed by atoms with E-state index in [0.29, 0.717) is 18.1 Å². The summed E-state index contributed by atoms with van der Waals surface area (Å²) >= 11 is 5.57. The number of hydrogen-bond donors (Lipinski definition) is 6. The first-order valence-electron chi connectivity index (χ1n) is 10.3. The molecular weight excluding hydrogens is 389 g/mol. The van der Waals surface area contributed by atoms with Gasteiger partial charge in [0.25, 0.3) is 0 Å². The van der Waals surface area contributed by atoms with E-state index in [0.717, 1.165) is 25.7 Å². The van der Waals surface area contributed by atoms with E-state index < -0.39 is 12.1 Å². The molecule has 1 aliphatic heterocycles. The Balaban J connectivity index is 2.55. The van der Waals surface area contributed by atoms with Crippen molar-refractivity contribution in [2.24, 2.45) is 17.4 Å². The van der Waals surface area contributed by atoms with Gasteiger partial charge in [0.2, 0.25) is 11.8 Å². The second kappa shape index (κ2) is 12.0. The molecule has 0 saturated carbocycles. The van der Waals surface area contributed by atoms with Crippen LogP contribution in [0.2, 0.25) is 0 Å². The molecular formula is C18H36BN7O2S. The number of guanidine groups is 1. The van der Waals surface area contributed by atoms with Crippen molar-refractivity contribution in [3.63, 3.8) is 0 Å². The van der Waals surface area contributed by atoms with E-state index in [-0.39, 0.29) is 35.7 Å². The highest BCUT2D eigenvalue weighted by Gasteiger charge is 2.35. The van der Waals surface area contributed by atoms with Crippen LogP contribution in [-0.2, 0) is 9.59 Å². The van der Waals surface area contributed by atoms with E-state index in [9.17, 15) is 9.59 Å². The van der Waals surface area contributed by atoms with Crippen LogP contribution in [0.4, 0.5) is 0 Å². The molecule has 1 heterocycles. The number of amides is 2. The molecule has 0 aliphatic carbocycles. The molecule has 0 aromatic rings. The van der Waals surface area contributed by atoms with Crippen LogP contribution in [0.5, 0.6) is 0 Å². The third kappa shape index (κ3) is 8.18. The smallest absolute Gasteiger partial charge is 0.245 e. The second-order valence-electron chi connectivity index (χ2n) is 8.08. The van der Waals surface area contributed by atoms with Crippen LogP contribution in [0, 0.1) is 11.3 Å². The molecule has 11 heteroatoms. The van der Waals surface area contributed by atoms with Crippen molar-refractivity contribution in [3.05, 3.63) is 0 Å². The lowest BCUT2D eigenvalue weighted by Gasteiger charge is -2.30. The molecule has 1 fully saturated rings. The molecule has 0 spiro atoms. The van der Waals surface area contributed by atoms with E-state index in [4.69, 9.17) is 29.1 Å². The molecule has 0 aromatic heterocycles. The van der Waals surface area contributed by atoms with Crippen LogP contribution < -0.4 is 27.4 Å². The summed E-state index contributed by atoms with van der Waals surface area (Å²) in [7, 11) is 2.04. The molecule has 0 bridgehead atoms. The largest absolute Gasteiger partial charge is 0.383 e. The zero-order chi connectivity index (χ0) is 22.1. The topological polar surface area (TPSA) is 149 Å². The van der Waals surface area contributed by atoms with E-state index in [2.05, 4.69) is 16.0 Å². The van der Waals surface area contributed by atoms with Gasteiger partial charge in [0.15, 0.2) is 5.96 Å². The molecule has 164 valence electrons. The van der Waals surface area contributed by atoms with Crippen LogP contribution in [0.1, 0.15) is 46.5 Å². The first kappa shape index (κ1) is 25.2. The minimum absolute atomic E-state index is 0.000694. The molecule has 0 aromatic carbocycles. The van der Waals surface area contributed by atoms with E-state index >= 15 is 0 Å². The third-order valence-corrected chi connectivity index (χ3v) is 5.50. The van der Waals surface area contributed by atoms with Crippen molar-refractivity contribution in [2.75, 3.05) is 13.1 Å². The molecule has 1 aliphatic rings. The lowest BCUT2D eigenvalue weighted by Crippen LogP contribution is -2.55. The van der Waals surface area contributed by atoms with Gasteiger partial charge in [-0.1, -0.05) is 26.1 Å². The highest BCUT2D eigenvalue weighted by molar-refractivity contribution is 7.80. The molecule has 2 amide bonds. The fourth-order valence-electron chi connectivity index (χ4n) is 3.27. The van der Waals surface area contributed by atoms with Crippen LogP contribution in [0.3, 0.4) is 0 Å². The maximum absolute atomic E-state index is 12.9. The van der Waals surface area contributed by atoms with Gasteiger partial charge in [-0.2, -0.15) is 0 Å². The molecule has 0 radical (unpaired) electrons. The Bertz CT molecular complexity index is 605. The van der Waals surface area contributed by atoms with Crippen molar-refractivity contribution in [1.29, 1.82) is 5.41 Å². The van der Waals surface area contributed by atoms with Crippen LogP contribution >= 0.6 is 12.2 Å². The van der Waals surface area contributed by atoms with Gasteiger partial charge >= 0.3 is 0 Å². The van der Waals surface area contributed by atoms with Gasteiger partial charge in [0, 0.05) is 13.1 Å². The van der Waals surface area contributed by atoms with Gasteiger partial charge in [0.1, 0.15) is 13.9 Å². The van der Waals surface area contributed by atoms with Crippen molar-refractivity contribution in [2.45, 2.75) is 70.5 Å². The average molecular weight is 425 g/mol. The van der Waals surface area contributed by atoms with E-state index in [1.807, 2.05) is 21.7 Å². The van der Waals surface area contributed by atoms with Crippen molar-refractivity contribution >= 4 is 42.8 Å². The summed E-state index contributed by atoms with van der Waals surface area (Å²) in [4.78, 5) is 27.5. The number of likely N-dealkylation sites (tertiary alicyclic amines) is 1. The van der Waals surface area contributed by atoms with Crippen molar-refractivity contribution in [1.82, 2.24) is 20.9 Å². The quantitative estimate of drug-likeness (QED) is 0.0829. The van der Waals surface area contributed by atoms with Gasteiger partial charge in [-0.15, -0.1) is 0 Å². The number of nitrogens with zero attached hydrogens (tertiary/aromatic N) is 1. The molecule has 4 unspecified atom stereocenters. The fraction of sp³-hybridized carbons (Fsp3) is 0.778. The SMILES string of the molecule is BC(CCCNC(=N)N)NC(=S)C1CCCN1C(=O)C(C)NC(=O)C(N)C(C)C. The van der Waals surface area contributed by atoms with Crippen LogP contribution in [0.15, 0.2) is 0 Å². The number of rotatable bonds is 10. The van der Waals surface area contributed by atoms with Crippen molar-refractivity contribution in [3.8, 4) is 0 Å². The van der Waals surface area contributed by atoms with Gasteiger partial charge in [-0.25, -0.2) is 0 Å². The first-order valence-corrected chi connectivity index (χ1v) is 10.7. The Kier molecular flexibility index (Phi) is 10.4. The Morgan fingerprint density at radius 1 is 1.31 bits per heavy atom. The summed E-state index contributed by atoms with van der Waals surface area (Å²) in [5.74, 6) is -0.336. The monoisotopic (exact) mass is 425 g/mol. The molecule has 4 atom stereocenters. The lowest BCUT2D eigenvalue weighted by molar-refractivity contribution is -0.136. The minimum atomic E-state index is -0.647. The number of carbonyl (C=O) groups excluding carboxylic acids is 2. The van der Waals surface area contributed by atoms with Gasteiger partial charge in [0.05, 0.1) is 17.1 Å². The molecule has 9 nitrogen and oxygen atoms in total. The number of nitrogens with one attached hydrogen (secondary N) is 4. The standard InChI is InChI=1S/C18H36BN7O2S/c1-10(2)14(20)15(27)24-11(3)17(28)26-9-5-6-12(26)16(29)25-13(19)7-4-8-23-18(21)22/h10-14H,4-9,19-20H2,1-3H3,(H,24,27)(H,25,29)(H4,21,22,23). The summed E-state index contributed by atoms with van der Waals surface area (Å²) in [6.45, 7) is 6.68. The number of carbonyl (C=O) groups is 2. The van der Waals surface area contributed by atoms with Gasteiger partial charge in [-0.05, 0) is 44.5 Å². The summed E-state index contributed by atoms with van der Waals surface area (Å²) < 4.78 is 0. The maximum Gasteiger partial charge on any atom is 0.245 e. The highest BCUT2D eigenvalue weighted by atomic mass is 32.1.